The van der Waals surface area contributed by atoms with Crippen LogP contribution >= 0.6 is 11.6 Å². The van der Waals surface area contributed by atoms with Crippen LogP contribution in [0.2, 0.25) is 5.02 Å². The Morgan fingerprint density at radius 1 is 1.35 bits per heavy atom. The van der Waals surface area contributed by atoms with Gasteiger partial charge in [-0.05, 0) is 37.5 Å². The van der Waals surface area contributed by atoms with Gasteiger partial charge in [0.05, 0.1) is 5.92 Å². The molecule has 0 radical (unpaired) electrons. The smallest absolute Gasteiger partial charge is 0.307 e. The molecule has 1 aliphatic carbocycles. The summed E-state index contributed by atoms with van der Waals surface area (Å²) in [6.45, 7) is 2.06. The first-order valence-electron chi connectivity index (χ1n) is 5.72. The van der Waals surface area contributed by atoms with Gasteiger partial charge in [0, 0.05) is 10.9 Å². The third-order valence-corrected chi connectivity index (χ3v) is 3.62. The van der Waals surface area contributed by atoms with Crippen molar-refractivity contribution in [2.24, 2.45) is 5.92 Å². The van der Waals surface area contributed by atoms with E-state index in [2.05, 4.69) is 6.92 Å². The lowest BCUT2D eigenvalue weighted by Crippen LogP contribution is -2.24. The third-order valence-electron chi connectivity index (χ3n) is 3.36. The Labute approximate surface area is 106 Å². The lowest BCUT2D eigenvalue weighted by Gasteiger charge is -2.28. The van der Waals surface area contributed by atoms with Crippen molar-refractivity contribution in [3.8, 4) is 0 Å². The minimum atomic E-state index is -0.714. The molecule has 2 atom stereocenters. The summed E-state index contributed by atoms with van der Waals surface area (Å²) in [4.78, 5) is 11.3. The fourth-order valence-electron chi connectivity index (χ4n) is 2.40. The van der Waals surface area contributed by atoms with E-state index in [1.807, 2.05) is 30.3 Å². The summed E-state index contributed by atoms with van der Waals surface area (Å²) < 4.78 is 0. The summed E-state index contributed by atoms with van der Waals surface area (Å²) in [7, 11) is 0. The molecule has 0 saturated carbocycles. The van der Waals surface area contributed by atoms with Crippen LogP contribution in [0, 0.1) is 5.92 Å². The van der Waals surface area contributed by atoms with Crippen LogP contribution in [0.15, 0.2) is 35.9 Å². The number of carboxylic acid groups (broad SMARTS) is 1. The predicted octanol–water partition coefficient (Wildman–Crippen LogP) is 3.86. The fourth-order valence-corrected chi connectivity index (χ4v) is 2.52. The van der Waals surface area contributed by atoms with Crippen LogP contribution < -0.4 is 0 Å². The SMILES string of the molecule is CC1=CCC(C(=O)O)C(c2ccc(Cl)cc2)C1. The zero-order chi connectivity index (χ0) is 12.4. The van der Waals surface area contributed by atoms with E-state index in [1.54, 1.807) is 0 Å². The number of halogens is 1. The van der Waals surface area contributed by atoms with E-state index in [0.29, 0.717) is 11.4 Å². The van der Waals surface area contributed by atoms with E-state index in [9.17, 15) is 9.90 Å². The zero-order valence-corrected chi connectivity index (χ0v) is 10.4. The summed E-state index contributed by atoms with van der Waals surface area (Å²) in [5.41, 5.74) is 2.33. The molecule has 90 valence electrons. The maximum atomic E-state index is 11.3. The number of carbonyl (C=O) groups is 1. The van der Waals surface area contributed by atoms with Gasteiger partial charge in [-0.15, -0.1) is 0 Å². The van der Waals surface area contributed by atoms with Crippen LogP contribution in [0.4, 0.5) is 0 Å². The van der Waals surface area contributed by atoms with E-state index >= 15 is 0 Å². The van der Waals surface area contributed by atoms with Gasteiger partial charge in [-0.2, -0.15) is 0 Å². The van der Waals surface area contributed by atoms with Crippen molar-refractivity contribution < 1.29 is 9.90 Å². The lowest BCUT2D eigenvalue weighted by atomic mass is 9.76. The summed E-state index contributed by atoms with van der Waals surface area (Å²) in [6.07, 6.45) is 3.47. The van der Waals surface area contributed by atoms with Crippen molar-refractivity contribution >= 4 is 17.6 Å². The van der Waals surface area contributed by atoms with Crippen LogP contribution in [0.5, 0.6) is 0 Å². The molecule has 3 heteroatoms. The Hall–Kier alpha value is -1.28. The molecule has 1 aromatic carbocycles. The van der Waals surface area contributed by atoms with Gasteiger partial charge in [-0.1, -0.05) is 35.4 Å². The zero-order valence-electron chi connectivity index (χ0n) is 9.69. The fraction of sp³-hybridized carbons (Fsp3) is 0.357. The number of rotatable bonds is 2. The standard InChI is InChI=1S/C14H15ClO2/c1-9-2-7-12(14(16)17)13(8-9)10-3-5-11(15)6-4-10/h2-6,12-13H,7-8H2,1H3,(H,16,17). The Morgan fingerprint density at radius 2 is 2.00 bits per heavy atom. The van der Waals surface area contributed by atoms with E-state index in [1.165, 1.54) is 5.57 Å². The van der Waals surface area contributed by atoms with Crippen LogP contribution in [-0.2, 0) is 4.79 Å². The Bertz CT molecular complexity index is 448. The topological polar surface area (TPSA) is 37.3 Å². The summed E-state index contributed by atoms with van der Waals surface area (Å²) in [5, 5.41) is 9.94. The van der Waals surface area contributed by atoms with E-state index in [4.69, 9.17) is 11.6 Å². The number of aliphatic carboxylic acids is 1. The maximum Gasteiger partial charge on any atom is 0.307 e. The number of carboxylic acids is 1. The second kappa shape index (κ2) is 4.92. The van der Waals surface area contributed by atoms with Crippen LogP contribution in [0.1, 0.15) is 31.2 Å². The quantitative estimate of drug-likeness (QED) is 0.809. The highest BCUT2D eigenvalue weighted by molar-refractivity contribution is 6.30. The number of hydrogen-bond donors (Lipinski definition) is 1. The predicted molar refractivity (Wildman–Crippen MR) is 68.3 cm³/mol. The van der Waals surface area contributed by atoms with Crippen molar-refractivity contribution in [1.29, 1.82) is 0 Å². The van der Waals surface area contributed by atoms with Crippen LogP contribution in [0.3, 0.4) is 0 Å². The van der Waals surface area contributed by atoms with Gasteiger partial charge in [0.1, 0.15) is 0 Å². The maximum absolute atomic E-state index is 11.3. The second-order valence-electron chi connectivity index (χ2n) is 4.59. The molecule has 0 aliphatic heterocycles. The van der Waals surface area contributed by atoms with Crippen molar-refractivity contribution in [3.05, 3.63) is 46.5 Å². The molecule has 0 heterocycles. The Morgan fingerprint density at radius 3 is 2.59 bits per heavy atom. The minimum absolute atomic E-state index is 0.0646. The molecule has 1 aliphatic rings. The normalized spacial score (nSPS) is 24.2. The number of hydrogen-bond acceptors (Lipinski definition) is 1. The number of allylic oxidation sites excluding steroid dienone is 2. The first-order valence-corrected chi connectivity index (χ1v) is 6.09. The number of benzene rings is 1. The van der Waals surface area contributed by atoms with Crippen molar-refractivity contribution in [2.75, 3.05) is 0 Å². The summed E-state index contributed by atoms with van der Waals surface area (Å²) in [5.74, 6) is -0.969. The molecule has 0 bridgehead atoms. The minimum Gasteiger partial charge on any atom is -0.481 e. The van der Waals surface area contributed by atoms with Gasteiger partial charge in [0.25, 0.3) is 0 Å². The van der Waals surface area contributed by atoms with Crippen molar-refractivity contribution in [2.45, 2.75) is 25.7 Å². The Balaban J connectivity index is 2.31. The largest absolute Gasteiger partial charge is 0.481 e. The molecule has 0 fully saturated rings. The molecular weight excluding hydrogens is 236 g/mol. The molecule has 1 N–H and O–H groups in total. The second-order valence-corrected chi connectivity index (χ2v) is 5.03. The first kappa shape index (κ1) is 12.2. The molecule has 0 saturated heterocycles. The highest BCUT2D eigenvalue weighted by Crippen LogP contribution is 2.37. The molecule has 2 rings (SSSR count). The monoisotopic (exact) mass is 250 g/mol. The van der Waals surface area contributed by atoms with Gasteiger partial charge >= 0.3 is 5.97 Å². The highest BCUT2D eigenvalue weighted by atomic mass is 35.5. The van der Waals surface area contributed by atoms with E-state index < -0.39 is 5.97 Å². The van der Waals surface area contributed by atoms with Gasteiger partial charge in [-0.3, -0.25) is 4.79 Å². The molecule has 17 heavy (non-hydrogen) atoms. The van der Waals surface area contributed by atoms with Gasteiger partial charge in [0.2, 0.25) is 0 Å². The highest BCUT2D eigenvalue weighted by Gasteiger charge is 2.31. The average Bonchev–Trinajstić information content (AvgIpc) is 2.29. The van der Waals surface area contributed by atoms with E-state index in [-0.39, 0.29) is 11.8 Å². The molecule has 0 amide bonds. The first-order chi connectivity index (χ1) is 8.08. The van der Waals surface area contributed by atoms with Crippen LogP contribution in [-0.4, -0.2) is 11.1 Å². The molecule has 2 unspecified atom stereocenters. The molecular formula is C14H15ClO2. The van der Waals surface area contributed by atoms with Crippen molar-refractivity contribution in [3.63, 3.8) is 0 Å². The lowest BCUT2D eigenvalue weighted by molar-refractivity contribution is -0.142. The van der Waals surface area contributed by atoms with Gasteiger partial charge in [0.15, 0.2) is 0 Å². The summed E-state index contributed by atoms with van der Waals surface area (Å²) in [6, 6.07) is 7.51. The van der Waals surface area contributed by atoms with Gasteiger partial charge in [-0.25, -0.2) is 0 Å². The molecule has 2 nitrogen and oxygen atoms in total. The average molecular weight is 251 g/mol. The van der Waals surface area contributed by atoms with Crippen molar-refractivity contribution in [1.82, 2.24) is 0 Å². The van der Waals surface area contributed by atoms with E-state index in [0.717, 1.165) is 12.0 Å². The summed E-state index contributed by atoms with van der Waals surface area (Å²) >= 11 is 5.85. The molecule has 1 aromatic rings. The molecule has 0 aromatic heterocycles. The van der Waals surface area contributed by atoms with Gasteiger partial charge < -0.3 is 5.11 Å². The third kappa shape index (κ3) is 2.70. The van der Waals surface area contributed by atoms with Crippen LogP contribution in [0.25, 0.3) is 0 Å². The molecule has 0 spiro atoms. The Kier molecular flexibility index (Phi) is 3.53.